The maximum atomic E-state index is 15.2. The highest BCUT2D eigenvalue weighted by molar-refractivity contribution is 9.10. The van der Waals surface area contributed by atoms with Gasteiger partial charge >= 0.3 is 11.7 Å². The molecule has 0 bridgehead atoms. The molecule has 7 heterocycles. The Bertz CT molecular complexity index is 3110. The predicted octanol–water partition coefficient (Wildman–Crippen LogP) is 3.76. The fourth-order valence-electron chi connectivity index (χ4n) is 10.4. The van der Waals surface area contributed by atoms with Gasteiger partial charge in [-0.05, 0) is 67.6 Å². The van der Waals surface area contributed by atoms with Crippen molar-refractivity contribution in [3.63, 3.8) is 0 Å². The number of fused-ring (bicyclic) bond motifs is 1. The number of hydrogen-bond acceptors (Lipinski definition) is 16. The fraction of sp³-hybridized carbons (Fsp3) is 0.588. The number of nitrogens with two attached hydrogens (primary N) is 1. The summed E-state index contributed by atoms with van der Waals surface area (Å²) in [5, 5.41) is 34.9. The highest BCUT2D eigenvalue weighted by atomic mass is 79.9. The third-order valence-electron chi connectivity index (χ3n) is 14.6. The number of β-amino-alcohol motifs (C(OH)–C–C–N with tert-alkyl or cyclic N) is 1. The molecule has 7 atom stereocenters. The first kappa shape index (κ1) is 52.5. The number of amides is 4. The monoisotopic (exact) mass is 1110 g/mol. The van der Waals surface area contributed by atoms with Gasteiger partial charge in [0.15, 0.2) is 17.6 Å². The number of nitrogens with one attached hydrogen (secondary N) is 2. The number of hydrogen-bond donors (Lipinski definition) is 4. The number of aryl methyl sites for hydroxylation is 1. The van der Waals surface area contributed by atoms with Gasteiger partial charge in [-0.1, -0.05) is 80.9 Å². The van der Waals surface area contributed by atoms with Crippen LogP contribution in [0.15, 0.2) is 58.3 Å². The molecule has 4 aliphatic rings. The fourth-order valence-corrected chi connectivity index (χ4v) is 10.8. The number of benzene rings is 1. The molecule has 0 spiro atoms. The molecule has 25 heteroatoms. The summed E-state index contributed by atoms with van der Waals surface area (Å²) >= 11 is 3.55. The van der Waals surface area contributed by atoms with Gasteiger partial charge in [0.1, 0.15) is 47.0 Å². The van der Waals surface area contributed by atoms with Gasteiger partial charge in [-0.2, -0.15) is 0 Å². The van der Waals surface area contributed by atoms with Crippen LogP contribution in [-0.4, -0.2) is 137 Å². The summed E-state index contributed by atoms with van der Waals surface area (Å²) in [7, 11) is 0. The van der Waals surface area contributed by atoms with Crippen molar-refractivity contribution in [2.24, 2.45) is 10.8 Å². The lowest BCUT2D eigenvalue weighted by Crippen LogP contribution is -2.54. The summed E-state index contributed by atoms with van der Waals surface area (Å²) in [5.41, 5.74) is 8.09. The normalized spacial score (nSPS) is 21.2. The van der Waals surface area contributed by atoms with Crippen LogP contribution in [0.4, 0.5) is 5.82 Å². The molecule has 10 rings (SSSR count). The van der Waals surface area contributed by atoms with E-state index in [1.165, 1.54) is 11.2 Å². The second kappa shape index (κ2) is 20.9. The number of halogens is 1. The Morgan fingerprint density at radius 3 is 2.12 bits per heavy atom. The molecule has 404 valence electrons. The van der Waals surface area contributed by atoms with Crippen LogP contribution in [0.3, 0.4) is 0 Å². The van der Waals surface area contributed by atoms with Crippen molar-refractivity contribution in [3.8, 4) is 11.5 Å². The molecule has 1 aromatic carbocycles. The molecule has 5 aromatic heterocycles. The molecule has 0 radical (unpaired) electrons. The molecular weight excluding hydrogens is 1040 g/mol. The zero-order chi connectivity index (χ0) is 53.8. The molecule has 5 N–H and O–H groups in total. The highest BCUT2D eigenvalue weighted by Gasteiger charge is 2.50. The zero-order valence-electron chi connectivity index (χ0n) is 43.9. The summed E-state index contributed by atoms with van der Waals surface area (Å²) < 4.78 is 12.2. The van der Waals surface area contributed by atoms with E-state index in [0.717, 1.165) is 46.4 Å². The van der Waals surface area contributed by atoms with Gasteiger partial charge in [0.25, 0.3) is 0 Å². The van der Waals surface area contributed by atoms with Crippen molar-refractivity contribution >= 4 is 56.5 Å². The molecule has 4 fully saturated rings. The summed E-state index contributed by atoms with van der Waals surface area (Å²) in [6, 6.07) is 2.90. The van der Waals surface area contributed by atoms with E-state index in [4.69, 9.17) is 20.1 Å². The Kier molecular flexibility index (Phi) is 14.5. The van der Waals surface area contributed by atoms with Crippen molar-refractivity contribution < 1.29 is 38.5 Å². The summed E-state index contributed by atoms with van der Waals surface area (Å²) in [5.74, 6) is -0.281. The van der Waals surface area contributed by atoms with Crippen molar-refractivity contribution in [1.29, 1.82) is 0 Å². The number of nitrogen functional groups attached to an aromatic ring is 1. The first-order valence-corrected chi connectivity index (χ1v) is 27.0. The molecule has 24 nitrogen and oxygen atoms in total. The molecule has 7 unspecified atom stereocenters. The number of carbonyl (C=O) groups is 4. The number of nitrogens with zero attached hydrogens (tertiary/aromatic N) is 14. The van der Waals surface area contributed by atoms with Crippen LogP contribution in [0.2, 0.25) is 0 Å². The minimum absolute atomic E-state index is 0.0140. The number of carbonyl (C=O) groups excluding carboxylic acids is 4. The van der Waals surface area contributed by atoms with Crippen molar-refractivity contribution in [3.05, 3.63) is 71.0 Å². The number of anilines is 1. The number of aromatic nitrogens is 12. The van der Waals surface area contributed by atoms with Gasteiger partial charge in [-0.3, -0.25) is 24.0 Å². The highest BCUT2D eigenvalue weighted by Crippen LogP contribution is 2.42. The molecule has 76 heavy (non-hydrogen) atoms. The Hall–Kier alpha value is -6.89. The topological polar surface area (TPSA) is 289 Å². The number of imidazole rings is 1. The number of aliphatic hydroxyl groups excluding tert-OH is 1. The molecule has 4 amide bonds. The van der Waals surface area contributed by atoms with Crippen LogP contribution < -0.4 is 26.1 Å². The van der Waals surface area contributed by atoms with Crippen molar-refractivity contribution in [1.82, 2.24) is 74.9 Å². The minimum Gasteiger partial charge on any atom is -0.391 e. The molecule has 6 aromatic rings. The van der Waals surface area contributed by atoms with Gasteiger partial charge in [0, 0.05) is 66.2 Å². The number of aliphatic hydroxyl groups is 1. The van der Waals surface area contributed by atoms with E-state index in [0.29, 0.717) is 47.9 Å². The van der Waals surface area contributed by atoms with E-state index in [9.17, 15) is 19.5 Å². The third kappa shape index (κ3) is 11.0. The third-order valence-corrected chi connectivity index (χ3v) is 15.1. The molecular formula is C51H67BrN17O7+. The van der Waals surface area contributed by atoms with E-state index in [1.807, 2.05) is 89.7 Å². The lowest BCUT2D eigenvalue weighted by atomic mass is 9.85. The first-order valence-electron chi connectivity index (χ1n) is 26.2. The van der Waals surface area contributed by atoms with E-state index in [2.05, 4.69) is 62.1 Å². The van der Waals surface area contributed by atoms with Gasteiger partial charge in [-0.15, -0.1) is 10.2 Å². The van der Waals surface area contributed by atoms with Gasteiger partial charge < -0.3 is 35.8 Å². The SMILES string of the molecule is CCC(NC(=O)C1CC(O)CN1C(=O)C(n1cc(C2CC2)nn1)C(C)(C)C)c1nc(-c2cccc(Br)c2)o[n+]1OC1CC(C(=O)NCCCn2cnc3c(N)ncnc32)N(C(=O)C(n2cc(C3CC3)nn2)C(C)(C)C)C1. The summed E-state index contributed by atoms with van der Waals surface area (Å²) in [6.45, 7) is 14.2. The number of likely N-dealkylation sites (tertiary alicyclic amines) is 2. The van der Waals surface area contributed by atoms with Crippen LogP contribution in [0.1, 0.15) is 147 Å². The average Bonchev–Trinajstić information content (AvgIpc) is 3.92. The number of rotatable bonds is 18. The maximum Gasteiger partial charge on any atom is 0.406 e. The first-order chi connectivity index (χ1) is 36.2. The lowest BCUT2D eigenvalue weighted by Gasteiger charge is -2.34. The van der Waals surface area contributed by atoms with Gasteiger partial charge in [0.05, 0.1) is 35.9 Å². The molecule has 2 aliphatic heterocycles. The van der Waals surface area contributed by atoms with E-state index in [1.54, 1.807) is 20.6 Å². The summed E-state index contributed by atoms with van der Waals surface area (Å²) in [6.07, 6.45) is 9.89. The van der Waals surface area contributed by atoms with Crippen LogP contribution in [-0.2, 0) is 25.7 Å². The second-order valence-electron chi connectivity index (χ2n) is 22.8. The van der Waals surface area contributed by atoms with Crippen LogP contribution >= 0.6 is 15.9 Å². The van der Waals surface area contributed by atoms with Crippen molar-refractivity contribution in [2.45, 2.75) is 161 Å². The van der Waals surface area contributed by atoms with Crippen LogP contribution in [0.5, 0.6) is 0 Å². The Morgan fingerprint density at radius 1 is 0.882 bits per heavy atom. The van der Waals surface area contributed by atoms with Crippen LogP contribution in [0, 0.1) is 10.8 Å². The predicted molar refractivity (Wildman–Crippen MR) is 276 cm³/mol. The van der Waals surface area contributed by atoms with E-state index >= 15 is 4.79 Å². The summed E-state index contributed by atoms with van der Waals surface area (Å²) in [4.78, 5) is 87.4. The van der Waals surface area contributed by atoms with Crippen LogP contribution in [0.25, 0.3) is 22.6 Å². The second-order valence-corrected chi connectivity index (χ2v) is 23.7. The largest absolute Gasteiger partial charge is 0.406 e. The Labute approximate surface area is 447 Å². The van der Waals surface area contributed by atoms with Gasteiger partial charge in [-0.25, -0.2) is 28.8 Å². The lowest BCUT2D eigenvalue weighted by molar-refractivity contribution is -1.03. The smallest absolute Gasteiger partial charge is 0.391 e. The minimum atomic E-state index is -1.03. The average molecular weight is 1110 g/mol. The standard InChI is InChI=1S/C51H66BrN17O7/c1-8-34(58-46(72)37-20-32(70)22-65(37)48(73)40(50(2,3)4)67-24-35(60-62-67)28-13-14-28)43-59-47(30-11-9-12-31(52)19-30)76-69(43)75-33-21-38(45(71)54-17-10-18-64-27-57-39-42(53)55-26-56-44(39)64)66(23-33)49(74)41(51(5,6)7)68-25-36(61-63-68)29-15-16-29/h9,11-12,19,24-29,32-34,37-38,40-41,70H,8,10,13-18,20-23H2,1-7H3,(H3-,53,54,55,56,58,71,72)/p+1. The molecule has 2 saturated heterocycles. The van der Waals surface area contributed by atoms with E-state index < -0.39 is 59.2 Å². The molecule has 2 saturated carbocycles. The van der Waals surface area contributed by atoms with Gasteiger partial charge in [0.2, 0.25) is 23.6 Å². The quantitative estimate of drug-likeness (QED) is 0.0892. The Balaban J connectivity index is 0.916. The molecule has 2 aliphatic carbocycles. The van der Waals surface area contributed by atoms with Crippen molar-refractivity contribution in [2.75, 3.05) is 25.4 Å². The Morgan fingerprint density at radius 2 is 1.51 bits per heavy atom. The zero-order valence-corrected chi connectivity index (χ0v) is 45.5. The maximum absolute atomic E-state index is 15.2. The van der Waals surface area contributed by atoms with E-state index in [-0.39, 0.29) is 67.7 Å².